The van der Waals surface area contributed by atoms with Crippen molar-refractivity contribution in [3.8, 4) is 0 Å². The van der Waals surface area contributed by atoms with E-state index in [4.69, 9.17) is 0 Å². The van der Waals surface area contributed by atoms with Gasteiger partial charge in [-0.1, -0.05) is 42.5 Å². The van der Waals surface area contributed by atoms with Crippen molar-refractivity contribution < 1.29 is 4.92 Å². The topological polar surface area (TPSA) is 55.2 Å². The van der Waals surface area contributed by atoms with Gasteiger partial charge in [0.1, 0.15) is 0 Å². The van der Waals surface area contributed by atoms with Gasteiger partial charge in [-0.2, -0.15) is 0 Å². The number of halogens is 1. The van der Waals surface area contributed by atoms with Gasteiger partial charge in [-0.3, -0.25) is 10.1 Å². The number of rotatable bonds is 7. The third-order valence-electron chi connectivity index (χ3n) is 3.17. The van der Waals surface area contributed by atoms with Gasteiger partial charge in [-0.15, -0.1) is 12.4 Å². The standard InChI is InChI=1S/C16H18N2O2.ClH/c19-18(20)16-8-6-15(7-9-16)11-13-17-12-10-14-4-2-1-3-5-14;/h1-9,17H,10-13H2;1H. The van der Waals surface area contributed by atoms with Crippen LogP contribution in [0.3, 0.4) is 0 Å². The highest BCUT2D eigenvalue weighted by Crippen LogP contribution is 2.11. The zero-order valence-electron chi connectivity index (χ0n) is 11.7. The van der Waals surface area contributed by atoms with Gasteiger partial charge in [0, 0.05) is 12.1 Å². The number of nitrogens with one attached hydrogen (secondary N) is 1. The van der Waals surface area contributed by atoms with Gasteiger partial charge >= 0.3 is 0 Å². The average Bonchev–Trinajstić information content (AvgIpc) is 2.48. The maximum Gasteiger partial charge on any atom is 0.269 e. The predicted molar refractivity (Wildman–Crippen MR) is 87.1 cm³/mol. The molecule has 0 spiro atoms. The number of hydrogen-bond donors (Lipinski definition) is 1. The molecule has 0 radical (unpaired) electrons. The first-order valence-corrected chi connectivity index (χ1v) is 6.74. The molecule has 0 aliphatic rings. The Morgan fingerprint density at radius 3 is 1.90 bits per heavy atom. The summed E-state index contributed by atoms with van der Waals surface area (Å²) in [6.07, 6.45) is 1.90. The molecular formula is C16H19ClN2O2. The highest BCUT2D eigenvalue weighted by atomic mass is 35.5. The third-order valence-corrected chi connectivity index (χ3v) is 3.17. The van der Waals surface area contributed by atoms with Gasteiger partial charge in [0.2, 0.25) is 0 Å². The molecule has 1 N–H and O–H groups in total. The second-order valence-electron chi connectivity index (χ2n) is 4.66. The fourth-order valence-electron chi connectivity index (χ4n) is 2.02. The van der Waals surface area contributed by atoms with Crippen molar-refractivity contribution in [2.45, 2.75) is 12.8 Å². The Bertz CT molecular complexity index is 544. The molecule has 0 aromatic heterocycles. The van der Waals surface area contributed by atoms with Gasteiger partial charge in [0.25, 0.3) is 5.69 Å². The molecule has 0 atom stereocenters. The fraction of sp³-hybridized carbons (Fsp3) is 0.250. The van der Waals surface area contributed by atoms with Crippen molar-refractivity contribution in [3.05, 3.63) is 75.8 Å². The summed E-state index contributed by atoms with van der Waals surface area (Å²) in [6.45, 7) is 1.82. The molecule has 0 amide bonds. The number of nitro benzene ring substituents is 1. The Hall–Kier alpha value is -1.91. The molecule has 112 valence electrons. The molecule has 0 saturated carbocycles. The maximum atomic E-state index is 10.5. The van der Waals surface area contributed by atoms with Crippen LogP contribution in [0.5, 0.6) is 0 Å². The molecule has 2 rings (SSSR count). The van der Waals surface area contributed by atoms with Crippen LogP contribution in [0.2, 0.25) is 0 Å². The lowest BCUT2D eigenvalue weighted by Gasteiger charge is -2.05. The zero-order chi connectivity index (χ0) is 14.2. The monoisotopic (exact) mass is 306 g/mol. The fourth-order valence-corrected chi connectivity index (χ4v) is 2.02. The van der Waals surface area contributed by atoms with Crippen LogP contribution in [-0.4, -0.2) is 18.0 Å². The van der Waals surface area contributed by atoms with Crippen molar-refractivity contribution in [1.29, 1.82) is 0 Å². The van der Waals surface area contributed by atoms with Crippen LogP contribution in [0.25, 0.3) is 0 Å². The molecule has 2 aromatic carbocycles. The summed E-state index contributed by atoms with van der Waals surface area (Å²) in [6, 6.07) is 17.1. The lowest BCUT2D eigenvalue weighted by Crippen LogP contribution is -2.20. The van der Waals surface area contributed by atoms with E-state index < -0.39 is 0 Å². The van der Waals surface area contributed by atoms with Crippen molar-refractivity contribution in [1.82, 2.24) is 5.32 Å². The van der Waals surface area contributed by atoms with E-state index in [0.29, 0.717) is 0 Å². The van der Waals surface area contributed by atoms with E-state index in [1.54, 1.807) is 12.1 Å². The summed E-state index contributed by atoms with van der Waals surface area (Å²) in [7, 11) is 0. The molecule has 2 aromatic rings. The number of hydrogen-bond acceptors (Lipinski definition) is 3. The zero-order valence-corrected chi connectivity index (χ0v) is 12.5. The van der Waals surface area contributed by atoms with Crippen LogP contribution in [0.1, 0.15) is 11.1 Å². The van der Waals surface area contributed by atoms with Gasteiger partial charge in [0.05, 0.1) is 4.92 Å². The smallest absolute Gasteiger partial charge is 0.269 e. The van der Waals surface area contributed by atoms with Crippen LogP contribution < -0.4 is 5.32 Å². The van der Waals surface area contributed by atoms with Crippen LogP contribution in [0.4, 0.5) is 5.69 Å². The molecule has 5 heteroatoms. The molecule has 0 saturated heterocycles. The molecular weight excluding hydrogens is 288 g/mol. The molecule has 0 aliphatic carbocycles. The molecule has 0 bridgehead atoms. The number of nitro groups is 1. The molecule has 21 heavy (non-hydrogen) atoms. The van der Waals surface area contributed by atoms with Crippen molar-refractivity contribution in [2.75, 3.05) is 13.1 Å². The molecule has 0 unspecified atom stereocenters. The first-order chi connectivity index (χ1) is 9.75. The van der Waals surface area contributed by atoms with Gasteiger partial charge in [-0.05, 0) is 37.1 Å². The molecule has 0 aliphatic heterocycles. The van der Waals surface area contributed by atoms with E-state index in [0.717, 1.165) is 31.5 Å². The van der Waals surface area contributed by atoms with E-state index in [2.05, 4.69) is 17.4 Å². The highest BCUT2D eigenvalue weighted by molar-refractivity contribution is 5.85. The van der Waals surface area contributed by atoms with Gasteiger partial charge in [-0.25, -0.2) is 0 Å². The van der Waals surface area contributed by atoms with Gasteiger partial charge < -0.3 is 5.32 Å². The van der Waals surface area contributed by atoms with E-state index in [1.165, 1.54) is 5.56 Å². The minimum Gasteiger partial charge on any atom is -0.316 e. The second-order valence-corrected chi connectivity index (χ2v) is 4.66. The molecule has 0 heterocycles. The Labute approximate surface area is 130 Å². The Kier molecular flexibility index (Phi) is 7.43. The van der Waals surface area contributed by atoms with Crippen LogP contribution >= 0.6 is 12.4 Å². The summed E-state index contributed by atoms with van der Waals surface area (Å²) in [4.78, 5) is 10.2. The Morgan fingerprint density at radius 2 is 1.38 bits per heavy atom. The van der Waals surface area contributed by atoms with Crippen LogP contribution in [0, 0.1) is 10.1 Å². The minimum absolute atomic E-state index is 0. The Morgan fingerprint density at radius 1 is 0.857 bits per heavy atom. The van der Waals surface area contributed by atoms with Crippen LogP contribution in [0.15, 0.2) is 54.6 Å². The number of nitrogens with zero attached hydrogens (tertiary/aromatic N) is 1. The van der Waals surface area contributed by atoms with Crippen LogP contribution in [-0.2, 0) is 12.8 Å². The first-order valence-electron chi connectivity index (χ1n) is 6.74. The molecule has 0 fully saturated rings. The second kappa shape index (κ2) is 9.10. The Balaban J connectivity index is 0.00000220. The number of benzene rings is 2. The predicted octanol–water partition coefficient (Wildman–Crippen LogP) is 3.39. The summed E-state index contributed by atoms with van der Waals surface area (Å²) in [5.41, 5.74) is 2.59. The normalized spacial score (nSPS) is 9.90. The number of non-ortho nitro benzene ring substituents is 1. The summed E-state index contributed by atoms with van der Waals surface area (Å²) < 4.78 is 0. The summed E-state index contributed by atoms with van der Waals surface area (Å²) in [5.74, 6) is 0. The SMILES string of the molecule is Cl.O=[N+]([O-])c1ccc(CCNCCc2ccccc2)cc1. The van der Waals surface area contributed by atoms with Crippen molar-refractivity contribution in [2.24, 2.45) is 0 Å². The van der Waals surface area contributed by atoms with E-state index in [9.17, 15) is 10.1 Å². The molecule has 4 nitrogen and oxygen atoms in total. The lowest BCUT2D eigenvalue weighted by molar-refractivity contribution is -0.384. The third kappa shape index (κ3) is 5.94. The van der Waals surface area contributed by atoms with Gasteiger partial charge in [0.15, 0.2) is 0 Å². The lowest BCUT2D eigenvalue weighted by atomic mass is 10.1. The van der Waals surface area contributed by atoms with Crippen molar-refractivity contribution >= 4 is 18.1 Å². The highest BCUT2D eigenvalue weighted by Gasteiger charge is 2.03. The quantitative estimate of drug-likeness (QED) is 0.484. The van der Waals surface area contributed by atoms with E-state index in [-0.39, 0.29) is 23.0 Å². The van der Waals surface area contributed by atoms with E-state index >= 15 is 0 Å². The summed E-state index contributed by atoms with van der Waals surface area (Å²) in [5, 5.41) is 13.9. The minimum atomic E-state index is -0.373. The van der Waals surface area contributed by atoms with E-state index in [1.807, 2.05) is 30.3 Å². The maximum absolute atomic E-state index is 10.5. The largest absolute Gasteiger partial charge is 0.316 e. The summed E-state index contributed by atoms with van der Waals surface area (Å²) >= 11 is 0. The average molecular weight is 307 g/mol. The van der Waals surface area contributed by atoms with Crippen molar-refractivity contribution in [3.63, 3.8) is 0 Å². The first kappa shape index (κ1) is 17.1.